The first kappa shape index (κ1) is 15.2. The van der Waals surface area contributed by atoms with Gasteiger partial charge < -0.3 is 9.52 Å². The number of hydrogen-bond acceptors (Lipinski definition) is 6. The molecule has 0 spiro atoms. The highest BCUT2D eigenvalue weighted by Gasteiger charge is 2.28. The predicted molar refractivity (Wildman–Crippen MR) is 80.3 cm³/mol. The van der Waals surface area contributed by atoms with Gasteiger partial charge in [-0.1, -0.05) is 0 Å². The molecule has 7 heteroatoms. The van der Waals surface area contributed by atoms with E-state index in [1.165, 1.54) is 5.69 Å². The van der Waals surface area contributed by atoms with E-state index in [0.717, 1.165) is 25.9 Å². The normalized spacial score (nSPS) is 18.7. The lowest BCUT2D eigenvalue weighted by atomic mass is 9.92. The minimum Gasteiger partial charge on any atom is -0.424 e. The molecule has 1 unspecified atom stereocenters. The van der Waals surface area contributed by atoms with Gasteiger partial charge in [0.1, 0.15) is 0 Å². The third kappa shape index (κ3) is 3.05. The largest absolute Gasteiger partial charge is 0.424 e. The molecular weight excluding hydrogens is 282 g/mol. The highest BCUT2D eigenvalue weighted by Crippen LogP contribution is 2.31. The van der Waals surface area contributed by atoms with E-state index < -0.39 is 0 Å². The van der Waals surface area contributed by atoms with Crippen molar-refractivity contribution in [1.29, 1.82) is 0 Å². The van der Waals surface area contributed by atoms with Crippen LogP contribution < -0.4 is 0 Å². The van der Waals surface area contributed by atoms with Gasteiger partial charge in [-0.25, -0.2) is 0 Å². The Morgan fingerprint density at radius 1 is 1.36 bits per heavy atom. The fourth-order valence-electron chi connectivity index (χ4n) is 3.19. The SMILES string of the molecule is Cc1nnc(C(C)N2CCC(c3ccnn3CCO)CC2)o1. The van der Waals surface area contributed by atoms with Gasteiger partial charge in [-0.2, -0.15) is 5.10 Å². The number of aliphatic hydroxyl groups excluding tert-OH is 1. The first-order valence-corrected chi connectivity index (χ1v) is 7.85. The standard InChI is InChI=1S/C15H23N5O2/c1-11(15-18-17-12(2)22-15)19-7-4-13(5-8-19)14-3-6-16-20(14)9-10-21/h3,6,11,13,21H,4-5,7-10H2,1-2H3. The highest BCUT2D eigenvalue weighted by molar-refractivity contribution is 5.09. The van der Waals surface area contributed by atoms with Crippen molar-refractivity contribution < 1.29 is 9.52 Å². The molecule has 0 saturated carbocycles. The molecule has 0 radical (unpaired) electrons. The van der Waals surface area contributed by atoms with Gasteiger partial charge in [0, 0.05) is 24.7 Å². The molecule has 3 heterocycles. The number of nitrogens with zero attached hydrogens (tertiary/aromatic N) is 5. The van der Waals surface area contributed by atoms with Gasteiger partial charge in [-0.15, -0.1) is 10.2 Å². The molecule has 2 aromatic heterocycles. The minimum absolute atomic E-state index is 0.126. The van der Waals surface area contributed by atoms with Crippen molar-refractivity contribution in [2.45, 2.75) is 45.2 Å². The van der Waals surface area contributed by atoms with Crippen LogP contribution in [0.4, 0.5) is 0 Å². The first-order chi connectivity index (χ1) is 10.7. The molecule has 0 aromatic carbocycles. The number of likely N-dealkylation sites (tertiary alicyclic amines) is 1. The summed E-state index contributed by atoms with van der Waals surface area (Å²) in [5.74, 6) is 1.81. The second-order valence-corrected chi connectivity index (χ2v) is 5.85. The minimum atomic E-state index is 0.126. The molecule has 3 rings (SSSR count). The summed E-state index contributed by atoms with van der Waals surface area (Å²) in [6.45, 7) is 6.62. The van der Waals surface area contributed by atoms with Crippen LogP contribution in [0, 0.1) is 6.92 Å². The van der Waals surface area contributed by atoms with Crippen LogP contribution in [0.15, 0.2) is 16.7 Å². The lowest BCUT2D eigenvalue weighted by molar-refractivity contribution is 0.139. The third-order valence-corrected chi connectivity index (χ3v) is 4.46. The van der Waals surface area contributed by atoms with Crippen molar-refractivity contribution in [3.05, 3.63) is 29.7 Å². The van der Waals surface area contributed by atoms with Crippen LogP contribution >= 0.6 is 0 Å². The number of piperidine rings is 1. The fourth-order valence-corrected chi connectivity index (χ4v) is 3.19. The van der Waals surface area contributed by atoms with Crippen LogP contribution in [-0.4, -0.2) is 49.7 Å². The van der Waals surface area contributed by atoms with Gasteiger partial charge in [-0.3, -0.25) is 9.58 Å². The molecule has 1 fully saturated rings. The molecule has 1 N–H and O–H groups in total. The highest BCUT2D eigenvalue weighted by atomic mass is 16.4. The maximum Gasteiger partial charge on any atom is 0.233 e. The molecule has 0 aliphatic carbocycles. The van der Waals surface area contributed by atoms with Crippen LogP contribution in [0.2, 0.25) is 0 Å². The zero-order chi connectivity index (χ0) is 15.5. The molecule has 0 bridgehead atoms. The molecule has 120 valence electrons. The molecule has 1 aliphatic heterocycles. The van der Waals surface area contributed by atoms with Gasteiger partial charge in [0.25, 0.3) is 0 Å². The van der Waals surface area contributed by atoms with Crippen LogP contribution in [0.1, 0.15) is 49.2 Å². The Morgan fingerprint density at radius 3 is 2.77 bits per heavy atom. The van der Waals surface area contributed by atoms with Crippen molar-refractivity contribution >= 4 is 0 Å². The van der Waals surface area contributed by atoms with Crippen LogP contribution in [0.5, 0.6) is 0 Å². The Hall–Kier alpha value is -1.73. The maximum absolute atomic E-state index is 9.11. The maximum atomic E-state index is 9.11. The Kier molecular flexibility index (Phi) is 4.54. The Bertz CT molecular complexity index is 601. The van der Waals surface area contributed by atoms with Crippen molar-refractivity contribution in [2.75, 3.05) is 19.7 Å². The number of aryl methyl sites for hydroxylation is 1. The van der Waals surface area contributed by atoms with Crippen LogP contribution in [-0.2, 0) is 6.54 Å². The average Bonchev–Trinajstić information content (AvgIpc) is 3.16. The van der Waals surface area contributed by atoms with Crippen molar-refractivity contribution in [1.82, 2.24) is 24.9 Å². The summed E-state index contributed by atoms with van der Waals surface area (Å²) < 4.78 is 7.46. The number of hydrogen-bond donors (Lipinski definition) is 1. The lowest BCUT2D eigenvalue weighted by Gasteiger charge is -2.34. The predicted octanol–water partition coefficient (Wildman–Crippen LogP) is 1.51. The zero-order valence-corrected chi connectivity index (χ0v) is 13.1. The molecule has 22 heavy (non-hydrogen) atoms. The van der Waals surface area contributed by atoms with Gasteiger partial charge in [0.05, 0.1) is 19.2 Å². The zero-order valence-electron chi connectivity index (χ0n) is 13.1. The molecule has 1 saturated heterocycles. The molecule has 0 amide bonds. The summed E-state index contributed by atoms with van der Waals surface area (Å²) >= 11 is 0. The molecule has 1 aliphatic rings. The quantitative estimate of drug-likeness (QED) is 0.902. The van der Waals surface area contributed by atoms with Crippen LogP contribution in [0.3, 0.4) is 0 Å². The van der Waals surface area contributed by atoms with E-state index in [0.29, 0.717) is 24.2 Å². The van der Waals surface area contributed by atoms with E-state index in [4.69, 9.17) is 9.52 Å². The number of aliphatic hydroxyl groups is 1. The van der Waals surface area contributed by atoms with E-state index in [-0.39, 0.29) is 12.6 Å². The molecule has 1 atom stereocenters. The first-order valence-electron chi connectivity index (χ1n) is 7.85. The van der Waals surface area contributed by atoms with E-state index in [1.54, 1.807) is 0 Å². The van der Waals surface area contributed by atoms with Gasteiger partial charge in [-0.05, 0) is 38.9 Å². The van der Waals surface area contributed by atoms with Crippen molar-refractivity contribution in [3.63, 3.8) is 0 Å². The molecule has 2 aromatic rings. The summed E-state index contributed by atoms with van der Waals surface area (Å²) in [5, 5.41) is 21.4. The summed E-state index contributed by atoms with van der Waals surface area (Å²) in [5.41, 5.74) is 1.23. The second kappa shape index (κ2) is 6.58. The van der Waals surface area contributed by atoms with E-state index >= 15 is 0 Å². The fraction of sp³-hybridized carbons (Fsp3) is 0.667. The van der Waals surface area contributed by atoms with Crippen molar-refractivity contribution in [3.8, 4) is 0 Å². The summed E-state index contributed by atoms with van der Waals surface area (Å²) in [6, 6.07) is 2.23. The third-order valence-electron chi connectivity index (χ3n) is 4.46. The number of aromatic nitrogens is 4. The summed E-state index contributed by atoms with van der Waals surface area (Å²) in [7, 11) is 0. The number of rotatable bonds is 5. The average molecular weight is 305 g/mol. The topological polar surface area (TPSA) is 80.2 Å². The van der Waals surface area contributed by atoms with Gasteiger partial charge in [0.15, 0.2) is 0 Å². The Morgan fingerprint density at radius 2 is 2.14 bits per heavy atom. The van der Waals surface area contributed by atoms with E-state index in [9.17, 15) is 0 Å². The van der Waals surface area contributed by atoms with E-state index in [1.807, 2.05) is 17.8 Å². The van der Waals surface area contributed by atoms with E-state index in [2.05, 4.69) is 33.2 Å². The summed E-state index contributed by atoms with van der Waals surface area (Å²) in [4.78, 5) is 2.39. The van der Waals surface area contributed by atoms with Gasteiger partial charge in [0.2, 0.25) is 11.8 Å². The lowest BCUT2D eigenvalue weighted by Crippen LogP contribution is -2.35. The monoisotopic (exact) mass is 305 g/mol. The van der Waals surface area contributed by atoms with Crippen molar-refractivity contribution in [2.24, 2.45) is 0 Å². The van der Waals surface area contributed by atoms with Gasteiger partial charge >= 0.3 is 0 Å². The molecular formula is C15H23N5O2. The summed E-state index contributed by atoms with van der Waals surface area (Å²) in [6.07, 6.45) is 3.98. The second-order valence-electron chi connectivity index (χ2n) is 5.85. The Labute approximate surface area is 129 Å². The smallest absolute Gasteiger partial charge is 0.233 e. The van der Waals surface area contributed by atoms with Crippen LogP contribution in [0.25, 0.3) is 0 Å². The Balaban J connectivity index is 1.61. The molecule has 7 nitrogen and oxygen atoms in total.